The molecule has 0 bridgehead atoms. The van der Waals surface area contributed by atoms with Gasteiger partial charge >= 0.3 is 0 Å². The average Bonchev–Trinajstić information content (AvgIpc) is 2.92. The normalized spacial score (nSPS) is 26.7. The Bertz CT molecular complexity index is 677. The van der Waals surface area contributed by atoms with Gasteiger partial charge in [-0.15, -0.1) is 0 Å². The molecule has 7 heteroatoms. The highest BCUT2D eigenvalue weighted by Crippen LogP contribution is 2.25. The monoisotopic (exact) mass is 338 g/mol. The fourth-order valence-corrected chi connectivity index (χ4v) is 4.79. The Morgan fingerprint density at radius 1 is 1.09 bits per heavy atom. The standard InChI is InChI=1S/C16H22N2O4S/c1-12-10-17(11-13(2)22-12)23(20,21)15-7-5-14(6-8-15)18-9-3-4-16(18)19/h5-8,12-13H,3-4,9-11H2,1-2H3/t12-,13-/m1/s1. The smallest absolute Gasteiger partial charge is 0.243 e. The Labute approximate surface area is 137 Å². The Morgan fingerprint density at radius 3 is 2.22 bits per heavy atom. The van der Waals surface area contributed by atoms with Crippen molar-refractivity contribution in [3.05, 3.63) is 24.3 Å². The lowest BCUT2D eigenvalue weighted by atomic mass is 10.3. The van der Waals surface area contributed by atoms with E-state index in [1.807, 2.05) is 13.8 Å². The van der Waals surface area contributed by atoms with Gasteiger partial charge in [-0.05, 0) is 44.5 Å². The van der Waals surface area contributed by atoms with Crippen LogP contribution in [0.4, 0.5) is 5.69 Å². The third-order valence-electron chi connectivity index (χ3n) is 4.25. The highest BCUT2D eigenvalue weighted by atomic mass is 32.2. The van der Waals surface area contributed by atoms with Crippen LogP contribution >= 0.6 is 0 Å². The lowest BCUT2D eigenvalue weighted by Crippen LogP contribution is -2.48. The Balaban J connectivity index is 1.81. The van der Waals surface area contributed by atoms with Crippen LogP contribution in [0.1, 0.15) is 26.7 Å². The Morgan fingerprint density at radius 2 is 1.70 bits per heavy atom. The van der Waals surface area contributed by atoms with Gasteiger partial charge in [-0.3, -0.25) is 4.79 Å². The van der Waals surface area contributed by atoms with Crippen LogP contribution in [0.5, 0.6) is 0 Å². The van der Waals surface area contributed by atoms with Crippen LogP contribution in [0.2, 0.25) is 0 Å². The molecule has 2 atom stereocenters. The minimum Gasteiger partial charge on any atom is -0.373 e. The van der Waals surface area contributed by atoms with Crippen molar-refractivity contribution < 1.29 is 17.9 Å². The Kier molecular flexibility index (Phi) is 4.44. The first-order chi connectivity index (χ1) is 10.9. The summed E-state index contributed by atoms with van der Waals surface area (Å²) in [5.74, 6) is 0.0939. The van der Waals surface area contributed by atoms with Gasteiger partial charge in [0.2, 0.25) is 15.9 Å². The first-order valence-corrected chi connectivity index (χ1v) is 9.38. The molecule has 3 rings (SSSR count). The number of benzene rings is 1. The molecular weight excluding hydrogens is 316 g/mol. The molecule has 0 N–H and O–H groups in total. The largest absolute Gasteiger partial charge is 0.373 e. The first-order valence-electron chi connectivity index (χ1n) is 7.94. The third-order valence-corrected chi connectivity index (χ3v) is 6.09. The molecule has 2 heterocycles. The zero-order valence-electron chi connectivity index (χ0n) is 13.4. The minimum atomic E-state index is -3.53. The highest BCUT2D eigenvalue weighted by Gasteiger charge is 2.32. The van der Waals surface area contributed by atoms with E-state index in [0.29, 0.717) is 26.1 Å². The summed E-state index contributed by atoms with van der Waals surface area (Å²) in [6.07, 6.45) is 1.18. The number of hydrogen-bond acceptors (Lipinski definition) is 4. The van der Waals surface area contributed by atoms with Crippen molar-refractivity contribution in [1.82, 2.24) is 4.31 Å². The lowest BCUT2D eigenvalue weighted by Gasteiger charge is -2.34. The molecule has 2 fully saturated rings. The van der Waals surface area contributed by atoms with Crippen molar-refractivity contribution in [3.63, 3.8) is 0 Å². The summed E-state index contributed by atoms with van der Waals surface area (Å²) in [4.78, 5) is 13.7. The summed E-state index contributed by atoms with van der Waals surface area (Å²) in [5.41, 5.74) is 0.759. The molecule has 0 aliphatic carbocycles. The number of hydrogen-bond donors (Lipinski definition) is 0. The summed E-state index contributed by atoms with van der Waals surface area (Å²) in [5, 5.41) is 0. The molecule has 2 aliphatic rings. The van der Waals surface area contributed by atoms with Crippen molar-refractivity contribution in [2.45, 2.75) is 43.8 Å². The quantitative estimate of drug-likeness (QED) is 0.840. The van der Waals surface area contributed by atoms with Gasteiger partial charge in [0, 0.05) is 31.7 Å². The van der Waals surface area contributed by atoms with Crippen LogP contribution in [0.25, 0.3) is 0 Å². The van der Waals surface area contributed by atoms with E-state index in [1.165, 1.54) is 4.31 Å². The van der Waals surface area contributed by atoms with Gasteiger partial charge in [0.1, 0.15) is 0 Å². The van der Waals surface area contributed by atoms with E-state index < -0.39 is 10.0 Å². The molecule has 1 aromatic carbocycles. The number of carbonyl (C=O) groups excluding carboxylic acids is 1. The fraction of sp³-hybridized carbons (Fsp3) is 0.562. The Hall–Kier alpha value is -1.44. The molecule has 0 radical (unpaired) electrons. The van der Waals surface area contributed by atoms with E-state index in [9.17, 15) is 13.2 Å². The average molecular weight is 338 g/mol. The van der Waals surface area contributed by atoms with E-state index in [4.69, 9.17) is 4.74 Å². The number of sulfonamides is 1. The van der Waals surface area contributed by atoms with E-state index in [2.05, 4.69) is 0 Å². The second kappa shape index (κ2) is 6.22. The number of morpholine rings is 1. The van der Waals surface area contributed by atoms with E-state index >= 15 is 0 Å². The molecule has 2 saturated heterocycles. The second-order valence-electron chi connectivity index (χ2n) is 6.22. The third kappa shape index (κ3) is 3.27. The number of nitrogens with zero attached hydrogens (tertiary/aromatic N) is 2. The van der Waals surface area contributed by atoms with Gasteiger partial charge in [-0.1, -0.05) is 0 Å². The van der Waals surface area contributed by atoms with Crippen LogP contribution < -0.4 is 4.90 Å². The van der Waals surface area contributed by atoms with E-state index in [1.54, 1.807) is 29.2 Å². The topological polar surface area (TPSA) is 66.9 Å². The van der Waals surface area contributed by atoms with Crippen molar-refractivity contribution >= 4 is 21.6 Å². The van der Waals surface area contributed by atoms with Crippen molar-refractivity contribution in [1.29, 1.82) is 0 Å². The van der Waals surface area contributed by atoms with Crippen LogP contribution in [-0.4, -0.2) is 50.5 Å². The summed E-state index contributed by atoms with van der Waals surface area (Å²) in [7, 11) is -3.53. The molecule has 23 heavy (non-hydrogen) atoms. The van der Waals surface area contributed by atoms with Crippen molar-refractivity contribution in [2.24, 2.45) is 0 Å². The first kappa shape index (κ1) is 16.4. The summed E-state index contributed by atoms with van der Waals surface area (Å²) in [6, 6.07) is 6.59. The van der Waals surface area contributed by atoms with Crippen molar-refractivity contribution in [2.75, 3.05) is 24.5 Å². The second-order valence-corrected chi connectivity index (χ2v) is 8.16. The number of anilines is 1. The molecule has 6 nitrogen and oxygen atoms in total. The maximum absolute atomic E-state index is 12.8. The van der Waals surface area contributed by atoms with Gasteiger partial charge in [0.25, 0.3) is 0 Å². The molecule has 1 aromatic rings. The zero-order chi connectivity index (χ0) is 16.6. The highest BCUT2D eigenvalue weighted by molar-refractivity contribution is 7.89. The van der Waals surface area contributed by atoms with Crippen LogP contribution in [0, 0.1) is 0 Å². The van der Waals surface area contributed by atoms with Gasteiger partial charge in [0.05, 0.1) is 17.1 Å². The number of amides is 1. The number of rotatable bonds is 3. The molecule has 2 aliphatic heterocycles. The zero-order valence-corrected chi connectivity index (χ0v) is 14.3. The van der Waals surface area contributed by atoms with Gasteiger partial charge in [-0.2, -0.15) is 4.31 Å². The maximum atomic E-state index is 12.8. The molecule has 0 saturated carbocycles. The summed E-state index contributed by atoms with van der Waals surface area (Å²) < 4.78 is 32.6. The predicted molar refractivity (Wildman–Crippen MR) is 86.8 cm³/mol. The summed E-state index contributed by atoms with van der Waals surface area (Å²) in [6.45, 7) is 5.17. The van der Waals surface area contributed by atoms with Crippen molar-refractivity contribution in [3.8, 4) is 0 Å². The molecule has 0 aromatic heterocycles. The molecular formula is C16H22N2O4S. The van der Waals surface area contributed by atoms with Crippen LogP contribution in [0.3, 0.4) is 0 Å². The maximum Gasteiger partial charge on any atom is 0.243 e. The van der Waals surface area contributed by atoms with E-state index in [0.717, 1.165) is 12.1 Å². The molecule has 0 spiro atoms. The SMILES string of the molecule is C[C@@H]1CN(S(=O)(=O)c2ccc(N3CCCC3=O)cc2)C[C@@H](C)O1. The molecule has 0 unspecified atom stereocenters. The lowest BCUT2D eigenvalue weighted by molar-refractivity contribution is -0.117. The molecule has 126 valence electrons. The van der Waals surface area contributed by atoms with Crippen LogP contribution in [0.15, 0.2) is 29.2 Å². The summed E-state index contributed by atoms with van der Waals surface area (Å²) >= 11 is 0. The number of carbonyl (C=O) groups is 1. The van der Waals surface area contributed by atoms with E-state index in [-0.39, 0.29) is 23.0 Å². The predicted octanol–water partition coefficient (Wildman–Crippen LogP) is 1.61. The van der Waals surface area contributed by atoms with Gasteiger partial charge in [0.15, 0.2) is 0 Å². The van der Waals surface area contributed by atoms with Gasteiger partial charge in [-0.25, -0.2) is 8.42 Å². The minimum absolute atomic E-state index is 0.0939. The number of ether oxygens (including phenoxy) is 1. The van der Waals surface area contributed by atoms with Crippen LogP contribution in [-0.2, 0) is 19.6 Å². The molecule has 1 amide bonds. The fourth-order valence-electron chi connectivity index (χ4n) is 3.20. The van der Waals surface area contributed by atoms with Gasteiger partial charge < -0.3 is 9.64 Å².